The van der Waals surface area contributed by atoms with Crippen molar-refractivity contribution in [2.45, 2.75) is 31.8 Å². The molecule has 3 aliphatic rings. The number of fused-ring (bicyclic) bond motifs is 1. The summed E-state index contributed by atoms with van der Waals surface area (Å²) in [5.41, 5.74) is 1.46. The van der Waals surface area contributed by atoms with Gasteiger partial charge in [-0.1, -0.05) is 0 Å². The average Bonchev–Trinajstić information content (AvgIpc) is 2.84. The molecule has 1 aromatic carbocycles. The van der Waals surface area contributed by atoms with E-state index in [2.05, 4.69) is 10.2 Å². The Hall–Kier alpha value is -2.45. The Bertz CT molecular complexity index is 773. The van der Waals surface area contributed by atoms with Crippen LogP contribution >= 0.6 is 0 Å². The normalized spacial score (nSPS) is 23.4. The number of amides is 3. The Balaban J connectivity index is 1.35. The van der Waals surface area contributed by atoms with Crippen molar-refractivity contribution in [1.29, 1.82) is 0 Å². The van der Waals surface area contributed by atoms with Crippen molar-refractivity contribution in [1.82, 2.24) is 15.1 Å². The number of carbonyl (C=O) groups excluding carboxylic acids is 3. The van der Waals surface area contributed by atoms with Gasteiger partial charge in [-0.25, -0.2) is 0 Å². The molecule has 0 aromatic heterocycles. The molecule has 8 heteroatoms. The highest BCUT2D eigenvalue weighted by Gasteiger charge is 2.39. The van der Waals surface area contributed by atoms with Crippen LogP contribution < -0.4 is 10.1 Å². The monoisotopic (exact) mass is 387 g/mol. The molecule has 1 aromatic rings. The van der Waals surface area contributed by atoms with Crippen molar-refractivity contribution in [3.8, 4) is 5.75 Å². The van der Waals surface area contributed by atoms with E-state index in [1.807, 2.05) is 6.07 Å². The lowest BCUT2D eigenvalue weighted by Gasteiger charge is -2.29. The van der Waals surface area contributed by atoms with E-state index in [0.717, 1.165) is 50.6 Å². The van der Waals surface area contributed by atoms with Crippen LogP contribution in [0.15, 0.2) is 18.2 Å². The summed E-state index contributed by atoms with van der Waals surface area (Å²) in [6.07, 6.45) is 1.66. The van der Waals surface area contributed by atoms with E-state index >= 15 is 0 Å². The van der Waals surface area contributed by atoms with Crippen molar-refractivity contribution in [2.24, 2.45) is 0 Å². The lowest BCUT2D eigenvalue weighted by Crippen LogP contribution is -2.52. The highest BCUT2D eigenvalue weighted by molar-refractivity contribution is 6.05. The van der Waals surface area contributed by atoms with Crippen molar-refractivity contribution in [3.63, 3.8) is 0 Å². The molecular formula is C20H25N3O5. The summed E-state index contributed by atoms with van der Waals surface area (Å²) in [6, 6.07) is 4.85. The van der Waals surface area contributed by atoms with E-state index in [0.29, 0.717) is 25.1 Å². The Morgan fingerprint density at radius 1 is 1.18 bits per heavy atom. The molecule has 28 heavy (non-hydrogen) atoms. The van der Waals surface area contributed by atoms with E-state index in [4.69, 9.17) is 9.47 Å². The molecule has 2 fully saturated rings. The van der Waals surface area contributed by atoms with Crippen LogP contribution in [-0.2, 0) is 20.9 Å². The van der Waals surface area contributed by atoms with Gasteiger partial charge < -0.3 is 14.4 Å². The van der Waals surface area contributed by atoms with Gasteiger partial charge in [0.15, 0.2) is 0 Å². The topological polar surface area (TPSA) is 88.2 Å². The summed E-state index contributed by atoms with van der Waals surface area (Å²) in [7, 11) is 0. The lowest BCUT2D eigenvalue weighted by molar-refractivity contribution is -0.136. The van der Waals surface area contributed by atoms with E-state index in [1.165, 1.54) is 0 Å². The van der Waals surface area contributed by atoms with Gasteiger partial charge in [-0.3, -0.25) is 24.6 Å². The molecule has 2 saturated heterocycles. The summed E-state index contributed by atoms with van der Waals surface area (Å²) in [6.45, 7) is 5.29. The number of hydrogen-bond acceptors (Lipinski definition) is 6. The minimum absolute atomic E-state index is 0.166. The van der Waals surface area contributed by atoms with Crippen molar-refractivity contribution >= 4 is 17.7 Å². The van der Waals surface area contributed by atoms with Gasteiger partial charge >= 0.3 is 0 Å². The summed E-state index contributed by atoms with van der Waals surface area (Å²) < 4.78 is 11.3. The first-order valence-electron chi connectivity index (χ1n) is 9.82. The maximum Gasteiger partial charge on any atom is 0.255 e. The van der Waals surface area contributed by atoms with Gasteiger partial charge in [0.25, 0.3) is 5.91 Å². The smallest absolute Gasteiger partial charge is 0.255 e. The molecule has 3 heterocycles. The fraction of sp³-hybridized carbons (Fsp3) is 0.550. The molecule has 1 atom stereocenters. The van der Waals surface area contributed by atoms with Crippen LogP contribution in [0, 0.1) is 0 Å². The fourth-order valence-corrected chi connectivity index (χ4v) is 3.95. The summed E-state index contributed by atoms with van der Waals surface area (Å²) in [5, 5.41) is 2.32. The van der Waals surface area contributed by atoms with E-state index in [-0.39, 0.29) is 18.2 Å². The molecule has 0 aliphatic carbocycles. The molecule has 3 amide bonds. The minimum atomic E-state index is -0.591. The number of benzene rings is 1. The third-order valence-electron chi connectivity index (χ3n) is 5.49. The van der Waals surface area contributed by atoms with Crippen LogP contribution in [0.5, 0.6) is 5.75 Å². The molecule has 8 nitrogen and oxygen atoms in total. The predicted octanol–water partition coefficient (Wildman–Crippen LogP) is 0.549. The third-order valence-corrected chi connectivity index (χ3v) is 5.49. The Morgan fingerprint density at radius 2 is 2.07 bits per heavy atom. The number of nitrogens with zero attached hydrogens (tertiary/aromatic N) is 2. The third kappa shape index (κ3) is 4.02. The lowest BCUT2D eigenvalue weighted by atomic mass is 10.0. The van der Waals surface area contributed by atoms with E-state index < -0.39 is 11.9 Å². The highest BCUT2D eigenvalue weighted by Crippen LogP contribution is 2.30. The first kappa shape index (κ1) is 18.9. The first-order valence-corrected chi connectivity index (χ1v) is 9.82. The standard InChI is InChI=1S/C20H25N3O5/c24-18-5-4-17(19(25)21-18)23-13-14-12-15(2-3-16(14)20(23)26)28-11-8-22-6-1-9-27-10-7-22/h2-3,12,17H,1,4-11,13H2,(H,21,24,25). The molecule has 1 N–H and O–H groups in total. The molecule has 0 spiro atoms. The SMILES string of the molecule is O=C1CCC(N2Cc3cc(OCCN4CCCOCC4)ccc3C2=O)C(=O)N1. The zero-order valence-corrected chi connectivity index (χ0v) is 15.8. The molecule has 0 bridgehead atoms. The van der Waals surface area contributed by atoms with Crippen LogP contribution in [0.3, 0.4) is 0 Å². The van der Waals surface area contributed by atoms with Gasteiger partial charge in [0.2, 0.25) is 11.8 Å². The quantitative estimate of drug-likeness (QED) is 0.743. The number of ether oxygens (including phenoxy) is 2. The summed E-state index contributed by atoms with van der Waals surface area (Å²) >= 11 is 0. The van der Waals surface area contributed by atoms with Crippen molar-refractivity contribution in [2.75, 3.05) is 39.5 Å². The van der Waals surface area contributed by atoms with Crippen LogP contribution in [0.2, 0.25) is 0 Å². The molecule has 1 unspecified atom stereocenters. The first-order chi connectivity index (χ1) is 13.6. The zero-order valence-electron chi connectivity index (χ0n) is 15.8. The maximum absolute atomic E-state index is 12.7. The summed E-state index contributed by atoms with van der Waals surface area (Å²) in [4.78, 5) is 40.0. The number of carbonyl (C=O) groups is 3. The van der Waals surface area contributed by atoms with Crippen LogP contribution in [0.4, 0.5) is 0 Å². The number of piperidine rings is 1. The van der Waals surface area contributed by atoms with Crippen LogP contribution in [-0.4, -0.2) is 73.0 Å². The minimum Gasteiger partial charge on any atom is -0.492 e. The number of nitrogens with one attached hydrogen (secondary N) is 1. The van der Waals surface area contributed by atoms with Crippen LogP contribution in [0.1, 0.15) is 35.2 Å². The number of rotatable bonds is 5. The van der Waals surface area contributed by atoms with Gasteiger partial charge in [0.05, 0.1) is 6.61 Å². The van der Waals surface area contributed by atoms with Gasteiger partial charge in [-0.2, -0.15) is 0 Å². The Kier molecular flexibility index (Phi) is 5.59. The second kappa shape index (κ2) is 8.28. The second-order valence-corrected chi connectivity index (χ2v) is 7.37. The number of imide groups is 1. The molecule has 3 aliphatic heterocycles. The van der Waals surface area contributed by atoms with Gasteiger partial charge in [-0.15, -0.1) is 0 Å². The largest absolute Gasteiger partial charge is 0.492 e. The Morgan fingerprint density at radius 3 is 2.93 bits per heavy atom. The van der Waals surface area contributed by atoms with Crippen LogP contribution in [0.25, 0.3) is 0 Å². The van der Waals surface area contributed by atoms with E-state index in [1.54, 1.807) is 17.0 Å². The Labute approximate surface area is 163 Å². The maximum atomic E-state index is 12.7. The molecular weight excluding hydrogens is 362 g/mol. The zero-order chi connectivity index (χ0) is 19.5. The van der Waals surface area contributed by atoms with Crippen molar-refractivity contribution < 1.29 is 23.9 Å². The number of hydrogen-bond donors (Lipinski definition) is 1. The molecule has 0 radical (unpaired) electrons. The molecule has 0 saturated carbocycles. The van der Waals surface area contributed by atoms with E-state index in [9.17, 15) is 14.4 Å². The fourth-order valence-electron chi connectivity index (χ4n) is 3.95. The van der Waals surface area contributed by atoms with Gasteiger partial charge in [-0.05, 0) is 36.6 Å². The molecule has 150 valence electrons. The highest BCUT2D eigenvalue weighted by atomic mass is 16.5. The van der Waals surface area contributed by atoms with Crippen molar-refractivity contribution in [3.05, 3.63) is 29.3 Å². The second-order valence-electron chi connectivity index (χ2n) is 7.37. The predicted molar refractivity (Wildman–Crippen MR) is 99.9 cm³/mol. The average molecular weight is 387 g/mol. The van der Waals surface area contributed by atoms with Gasteiger partial charge in [0.1, 0.15) is 18.4 Å². The summed E-state index contributed by atoms with van der Waals surface area (Å²) in [5.74, 6) is -0.115. The molecule has 4 rings (SSSR count). The van der Waals surface area contributed by atoms with Gasteiger partial charge in [0, 0.05) is 44.8 Å².